The summed E-state index contributed by atoms with van der Waals surface area (Å²) in [7, 11) is 2.11. The number of likely N-dealkylation sites (N-methyl/N-ethyl adjacent to an activating group) is 1. The van der Waals surface area contributed by atoms with Gasteiger partial charge in [-0.25, -0.2) is 4.79 Å². The molecular weight excluding hydrogens is 448 g/mol. The lowest BCUT2D eigenvalue weighted by atomic mass is 9.89. The highest BCUT2D eigenvalue weighted by Crippen LogP contribution is 2.30. The van der Waals surface area contributed by atoms with Crippen LogP contribution in [0.3, 0.4) is 0 Å². The normalized spacial score (nSPS) is 18.0. The van der Waals surface area contributed by atoms with E-state index in [1.54, 1.807) is 10.6 Å². The summed E-state index contributed by atoms with van der Waals surface area (Å²) < 4.78 is 3.26. The van der Waals surface area contributed by atoms with Crippen LogP contribution in [-0.4, -0.2) is 47.3 Å². The van der Waals surface area contributed by atoms with Crippen molar-refractivity contribution in [3.8, 4) is 0 Å². The molecule has 180 valence electrons. The van der Waals surface area contributed by atoms with Gasteiger partial charge in [0.15, 0.2) is 0 Å². The quantitative estimate of drug-likeness (QED) is 0.549. The van der Waals surface area contributed by atoms with Gasteiger partial charge in [0.2, 0.25) is 0 Å². The molecule has 2 aliphatic rings. The molecule has 2 aromatic carbocycles. The first kappa shape index (κ1) is 23.2. The van der Waals surface area contributed by atoms with Crippen molar-refractivity contribution in [2.24, 2.45) is 5.92 Å². The molecule has 0 spiro atoms. The molecule has 7 heteroatoms. The van der Waals surface area contributed by atoms with E-state index in [4.69, 9.17) is 11.6 Å². The number of rotatable bonds is 5. The Labute approximate surface area is 205 Å². The van der Waals surface area contributed by atoms with Crippen LogP contribution < -0.4 is 16.1 Å². The molecule has 0 amide bonds. The Morgan fingerprint density at radius 1 is 0.912 bits per heavy atom. The number of piperazine rings is 1. The van der Waals surface area contributed by atoms with Gasteiger partial charge in [0.05, 0.1) is 23.1 Å². The van der Waals surface area contributed by atoms with Crippen LogP contribution >= 0.6 is 11.6 Å². The summed E-state index contributed by atoms with van der Waals surface area (Å²) in [6.45, 7) is 4.40. The molecule has 2 heterocycles. The summed E-state index contributed by atoms with van der Waals surface area (Å²) in [6.07, 6.45) is 5.75. The van der Waals surface area contributed by atoms with Crippen LogP contribution in [0.15, 0.2) is 52.1 Å². The maximum atomic E-state index is 13.9. The minimum absolute atomic E-state index is 0.180. The maximum absolute atomic E-state index is 13.9. The Hall–Kier alpha value is -2.57. The van der Waals surface area contributed by atoms with Crippen molar-refractivity contribution < 1.29 is 0 Å². The highest BCUT2D eigenvalue weighted by Gasteiger charge is 2.24. The summed E-state index contributed by atoms with van der Waals surface area (Å²) in [5, 5.41) is 1.16. The molecule has 1 aromatic heterocycles. The number of fused-ring (bicyclic) bond motifs is 1. The number of halogens is 1. The predicted octanol–water partition coefficient (Wildman–Crippen LogP) is 4.20. The van der Waals surface area contributed by atoms with Gasteiger partial charge < -0.3 is 9.80 Å². The second kappa shape index (κ2) is 9.96. The summed E-state index contributed by atoms with van der Waals surface area (Å²) in [4.78, 5) is 32.3. The fourth-order valence-electron chi connectivity index (χ4n) is 5.49. The zero-order valence-corrected chi connectivity index (χ0v) is 20.6. The zero-order chi connectivity index (χ0) is 23.7. The smallest absolute Gasteiger partial charge is 0.331 e. The Balaban J connectivity index is 1.71. The van der Waals surface area contributed by atoms with Crippen molar-refractivity contribution in [1.29, 1.82) is 0 Å². The molecule has 5 rings (SSSR count). The van der Waals surface area contributed by atoms with Crippen LogP contribution in [0.25, 0.3) is 10.9 Å². The lowest BCUT2D eigenvalue weighted by Crippen LogP contribution is -2.46. The molecule has 0 atom stereocenters. The van der Waals surface area contributed by atoms with Gasteiger partial charge in [0.1, 0.15) is 0 Å². The van der Waals surface area contributed by atoms with Crippen LogP contribution in [0.4, 0.5) is 5.69 Å². The SMILES string of the molecule is CN1CCN(c2cc(Cl)cc3c2c(=O)n(CC2CCCCC2)c(=O)n3Cc2ccccc2)CC1. The highest BCUT2D eigenvalue weighted by atomic mass is 35.5. The zero-order valence-electron chi connectivity index (χ0n) is 19.9. The third kappa shape index (κ3) is 4.66. The number of benzene rings is 2. The molecule has 6 nitrogen and oxygen atoms in total. The van der Waals surface area contributed by atoms with Crippen molar-refractivity contribution in [2.75, 3.05) is 38.1 Å². The van der Waals surface area contributed by atoms with Crippen molar-refractivity contribution in [2.45, 2.75) is 45.2 Å². The molecule has 1 aliphatic heterocycles. The molecule has 1 saturated heterocycles. The van der Waals surface area contributed by atoms with E-state index in [0.717, 1.165) is 50.3 Å². The average molecular weight is 481 g/mol. The number of anilines is 1. The van der Waals surface area contributed by atoms with E-state index < -0.39 is 0 Å². The fraction of sp³-hybridized carbons (Fsp3) is 0.481. The van der Waals surface area contributed by atoms with Gasteiger partial charge in [-0.15, -0.1) is 0 Å². The third-order valence-corrected chi connectivity index (χ3v) is 7.68. The van der Waals surface area contributed by atoms with Crippen molar-refractivity contribution in [3.05, 3.63) is 73.9 Å². The minimum atomic E-state index is -0.237. The van der Waals surface area contributed by atoms with Crippen molar-refractivity contribution in [3.63, 3.8) is 0 Å². The molecule has 0 radical (unpaired) electrons. The Kier molecular flexibility index (Phi) is 6.79. The standard InChI is InChI=1S/C27H33ClN4O2/c1-29-12-14-30(15-13-29)23-16-22(28)17-24-25(23)26(33)32(19-21-10-6-3-7-11-21)27(34)31(24)18-20-8-4-2-5-9-20/h2,4-5,8-9,16-17,21H,3,6-7,10-15,18-19H2,1H3. The van der Waals surface area contributed by atoms with Crippen LogP contribution in [0, 0.1) is 5.92 Å². The van der Waals surface area contributed by atoms with Gasteiger partial charge in [-0.3, -0.25) is 13.9 Å². The molecular formula is C27H33ClN4O2. The fourth-order valence-corrected chi connectivity index (χ4v) is 5.69. The molecule has 2 fully saturated rings. The van der Waals surface area contributed by atoms with E-state index >= 15 is 0 Å². The Morgan fingerprint density at radius 2 is 1.62 bits per heavy atom. The van der Waals surface area contributed by atoms with Crippen molar-refractivity contribution >= 4 is 28.2 Å². The monoisotopic (exact) mass is 480 g/mol. The van der Waals surface area contributed by atoms with Crippen LogP contribution in [0.1, 0.15) is 37.7 Å². The Bertz CT molecular complexity index is 1270. The molecule has 34 heavy (non-hydrogen) atoms. The van der Waals surface area contributed by atoms with Crippen LogP contribution in [0.2, 0.25) is 5.02 Å². The second-order valence-corrected chi connectivity index (χ2v) is 10.3. The molecule has 0 unspecified atom stereocenters. The van der Waals surface area contributed by atoms with Gasteiger partial charge in [-0.1, -0.05) is 61.2 Å². The van der Waals surface area contributed by atoms with Gasteiger partial charge in [0, 0.05) is 37.7 Å². The number of hydrogen-bond donors (Lipinski definition) is 0. The lowest BCUT2D eigenvalue weighted by Gasteiger charge is -2.35. The summed E-state index contributed by atoms with van der Waals surface area (Å²) in [6, 6.07) is 13.6. The van der Waals surface area contributed by atoms with E-state index in [0.29, 0.717) is 34.9 Å². The van der Waals surface area contributed by atoms with Crippen molar-refractivity contribution in [1.82, 2.24) is 14.0 Å². The van der Waals surface area contributed by atoms with Gasteiger partial charge in [-0.2, -0.15) is 0 Å². The van der Waals surface area contributed by atoms with Crippen LogP contribution in [-0.2, 0) is 13.1 Å². The summed E-state index contributed by atoms with van der Waals surface area (Å²) in [5.41, 5.74) is 2.08. The lowest BCUT2D eigenvalue weighted by molar-refractivity contribution is 0.309. The molecule has 3 aromatic rings. The third-order valence-electron chi connectivity index (χ3n) is 7.47. The molecule has 1 saturated carbocycles. The van der Waals surface area contributed by atoms with E-state index in [1.807, 2.05) is 36.4 Å². The second-order valence-electron chi connectivity index (χ2n) is 9.88. The first-order valence-corrected chi connectivity index (χ1v) is 12.8. The van der Waals surface area contributed by atoms with Gasteiger partial charge in [-0.05, 0) is 43.5 Å². The predicted molar refractivity (Wildman–Crippen MR) is 139 cm³/mol. The first-order chi connectivity index (χ1) is 16.5. The van der Waals surface area contributed by atoms with E-state index in [1.165, 1.54) is 23.8 Å². The van der Waals surface area contributed by atoms with E-state index in [9.17, 15) is 9.59 Å². The topological polar surface area (TPSA) is 50.5 Å². The Morgan fingerprint density at radius 3 is 2.32 bits per heavy atom. The summed E-state index contributed by atoms with van der Waals surface area (Å²) >= 11 is 6.59. The van der Waals surface area contributed by atoms with E-state index in [-0.39, 0.29) is 11.2 Å². The first-order valence-electron chi connectivity index (χ1n) is 12.5. The average Bonchev–Trinajstić information content (AvgIpc) is 2.85. The summed E-state index contributed by atoms with van der Waals surface area (Å²) in [5.74, 6) is 0.376. The largest absolute Gasteiger partial charge is 0.368 e. The minimum Gasteiger partial charge on any atom is -0.368 e. The van der Waals surface area contributed by atoms with Gasteiger partial charge in [0.25, 0.3) is 5.56 Å². The van der Waals surface area contributed by atoms with Gasteiger partial charge >= 0.3 is 5.69 Å². The molecule has 0 N–H and O–H groups in total. The number of aromatic nitrogens is 2. The maximum Gasteiger partial charge on any atom is 0.331 e. The molecule has 1 aliphatic carbocycles. The number of nitrogens with zero attached hydrogens (tertiary/aromatic N) is 4. The number of hydrogen-bond acceptors (Lipinski definition) is 4. The van der Waals surface area contributed by atoms with Crippen LogP contribution in [0.5, 0.6) is 0 Å². The van der Waals surface area contributed by atoms with E-state index in [2.05, 4.69) is 16.8 Å². The highest BCUT2D eigenvalue weighted by molar-refractivity contribution is 6.31. The molecule has 0 bridgehead atoms.